The summed E-state index contributed by atoms with van der Waals surface area (Å²) in [6, 6.07) is 14.6. The third-order valence-corrected chi connectivity index (χ3v) is 7.63. The molecule has 30 heavy (non-hydrogen) atoms. The summed E-state index contributed by atoms with van der Waals surface area (Å²) in [5.41, 5.74) is 7.96. The molecule has 0 aliphatic carbocycles. The van der Waals surface area contributed by atoms with Gasteiger partial charge < -0.3 is 10.6 Å². The molecular formula is C23H25N3O3S. The summed E-state index contributed by atoms with van der Waals surface area (Å²) in [5, 5.41) is 0.793. The molecule has 0 bridgehead atoms. The fraction of sp³-hybridized carbons (Fsp3) is 0.304. The number of para-hydroxylation sites is 1. The van der Waals surface area contributed by atoms with Gasteiger partial charge in [-0.15, -0.1) is 0 Å². The number of nitrogens with two attached hydrogens (primary N) is 1. The van der Waals surface area contributed by atoms with E-state index in [4.69, 9.17) is 5.73 Å². The summed E-state index contributed by atoms with van der Waals surface area (Å²) in [6.45, 7) is 3.17. The molecule has 1 aliphatic heterocycles. The van der Waals surface area contributed by atoms with Crippen molar-refractivity contribution in [1.29, 1.82) is 0 Å². The number of carbonyl (C=O) groups excluding carboxylic acids is 1. The van der Waals surface area contributed by atoms with Crippen LogP contribution in [0.15, 0.2) is 64.5 Å². The fourth-order valence-electron chi connectivity index (χ4n) is 4.05. The minimum Gasteiger partial charge on any atom is -0.370 e. The number of amides is 1. The van der Waals surface area contributed by atoms with Crippen LogP contribution in [-0.4, -0.2) is 32.4 Å². The number of carbonyl (C=O) groups is 1. The number of aryl methyl sites for hydroxylation is 1. The van der Waals surface area contributed by atoms with Crippen LogP contribution >= 0.6 is 0 Å². The number of hydrogen-bond acceptors (Lipinski definition) is 5. The molecule has 1 aromatic heterocycles. The van der Waals surface area contributed by atoms with Crippen LogP contribution in [0, 0.1) is 5.92 Å². The van der Waals surface area contributed by atoms with Gasteiger partial charge in [-0.25, -0.2) is 8.42 Å². The van der Waals surface area contributed by atoms with Gasteiger partial charge in [-0.1, -0.05) is 37.3 Å². The molecule has 0 unspecified atom stereocenters. The van der Waals surface area contributed by atoms with Crippen molar-refractivity contribution in [2.75, 3.05) is 18.0 Å². The minimum atomic E-state index is -3.76. The number of sulfone groups is 1. The highest BCUT2D eigenvalue weighted by atomic mass is 32.2. The van der Waals surface area contributed by atoms with E-state index >= 15 is 0 Å². The van der Waals surface area contributed by atoms with E-state index in [-0.39, 0.29) is 21.6 Å². The van der Waals surface area contributed by atoms with Crippen LogP contribution in [0.2, 0.25) is 0 Å². The average molecular weight is 424 g/mol. The Morgan fingerprint density at radius 3 is 2.40 bits per heavy atom. The van der Waals surface area contributed by atoms with Crippen LogP contribution < -0.4 is 10.6 Å². The van der Waals surface area contributed by atoms with E-state index in [9.17, 15) is 13.2 Å². The second kappa shape index (κ2) is 8.07. The Kier molecular flexibility index (Phi) is 5.47. The molecule has 0 saturated carbocycles. The van der Waals surface area contributed by atoms with Crippen molar-refractivity contribution in [3.63, 3.8) is 0 Å². The van der Waals surface area contributed by atoms with E-state index in [1.807, 2.05) is 43.3 Å². The van der Waals surface area contributed by atoms with Crippen molar-refractivity contribution in [2.45, 2.75) is 36.0 Å². The van der Waals surface area contributed by atoms with E-state index in [0.717, 1.165) is 22.9 Å². The molecule has 6 nitrogen and oxygen atoms in total. The average Bonchev–Trinajstić information content (AvgIpc) is 2.78. The van der Waals surface area contributed by atoms with Crippen molar-refractivity contribution in [3.8, 4) is 0 Å². The molecule has 7 heteroatoms. The highest BCUT2D eigenvalue weighted by Crippen LogP contribution is 2.37. The largest absolute Gasteiger partial charge is 0.370 e. The molecule has 1 amide bonds. The van der Waals surface area contributed by atoms with Crippen LogP contribution in [-0.2, 0) is 21.1 Å². The molecule has 2 heterocycles. The Labute approximate surface area is 176 Å². The molecule has 156 valence electrons. The maximum atomic E-state index is 13.6. The molecule has 1 saturated heterocycles. The lowest BCUT2D eigenvalue weighted by molar-refractivity contribution is -0.122. The second-order valence-electron chi connectivity index (χ2n) is 7.65. The van der Waals surface area contributed by atoms with Gasteiger partial charge >= 0.3 is 0 Å². The Hall–Kier alpha value is -2.93. The molecule has 0 radical (unpaired) electrons. The van der Waals surface area contributed by atoms with Gasteiger partial charge in [0.2, 0.25) is 15.7 Å². The number of benzene rings is 2. The summed E-state index contributed by atoms with van der Waals surface area (Å²) >= 11 is 0. The first-order valence-corrected chi connectivity index (χ1v) is 11.7. The number of anilines is 1. The van der Waals surface area contributed by atoms with Gasteiger partial charge in [0.15, 0.2) is 0 Å². The van der Waals surface area contributed by atoms with Crippen LogP contribution in [0.4, 0.5) is 5.69 Å². The highest BCUT2D eigenvalue weighted by molar-refractivity contribution is 7.91. The van der Waals surface area contributed by atoms with Crippen LogP contribution in [0.3, 0.4) is 0 Å². The van der Waals surface area contributed by atoms with Crippen molar-refractivity contribution >= 4 is 32.3 Å². The summed E-state index contributed by atoms with van der Waals surface area (Å²) in [7, 11) is -3.76. The number of hydrogen-bond donors (Lipinski definition) is 1. The minimum absolute atomic E-state index is 0.170. The third-order valence-electron chi connectivity index (χ3n) is 5.86. The molecular weight excluding hydrogens is 398 g/mol. The van der Waals surface area contributed by atoms with Crippen molar-refractivity contribution in [3.05, 3.63) is 60.3 Å². The number of aromatic nitrogens is 1. The predicted octanol–water partition coefficient (Wildman–Crippen LogP) is 3.33. The molecule has 0 atom stereocenters. The van der Waals surface area contributed by atoms with Crippen LogP contribution in [0.25, 0.3) is 10.9 Å². The lowest BCUT2D eigenvalue weighted by atomic mass is 9.95. The topological polar surface area (TPSA) is 93.4 Å². The van der Waals surface area contributed by atoms with E-state index in [1.54, 1.807) is 12.1 Å². The zero-order valence-electron chi connectivity index (χ0n) is 16.9. The maximum Gasteiger partial charge on any atom is 0.220 e. The van der Waals surface area contributed by atoms with Gasteiger partial charge in [0.25, 0.3) is 0 Å². The van der Waals surface area contributed by atoms with E-state index < -0.39 is 9.84 Å². The maximum absolute atomic E-state index is 13.6. The van der Waals surface area contributed by atoms with Gasteiger partial charge in [-0.05, 0) is 43.0 Å². The van der Waals surface area contributed by atoms with Crippen LogP contribution in [0.1, 0.15) is 25.3 Å². The first-order chi connectivity index (χ1) is 14.4. The number of primary amides is 1. The highest BCUT2D eigenvalue weighted by Gasteiger charge is 2.30. The molecule has 1 fully saturated rings. The summed E-state index contributed by atoms with van der Waals surface area (Å²) in [5.74, 6) is -0.464. The van der Waals surface area contributed by atoms with E-state index in [1.165, 1.54) is 6.20 Å². The predicted molar refractivity (Wildman–Crippen MR) is 117 cm³/mol. The third kappa shape index (κ3) is 3.65. The first kappa shape index (κ1) is 20.3. The van der Waals surface area contributed by atoms with Gasteiger partial charge in [0.05, 0.1) is 16.1 Å². The second-order valence-corrected chi connectivity index (χ2v) is 9.57. The van der Waals surface area contributed by atoms with E-state index in [0.29, 0.717) is 31.6 Å². The fourth-order valence-corrected chi connectivity index (χ4v) is 5.48. The number of piperidine rings is 1. The number of nitrogens with zero attached hydrogens (tertiary/aromatic N) is 2. The SMILES string of the molecule is CCc1ccc(S(=O)(=O)c2cnc3ccccc3c2N2CCC(C(N)=O)CC2)cc1. The lowest BCUT2D eigenvalue weighted by Gasteiger charge is -2.34. The lowest BCUT2D eigenvalue weighted by Crippen LogP contribution is -2.39. The zero-order chi connectivity index (χ0) is 21.3. The van der Waals surface area contributed by atoms with E-state index in [2.05, 4.69) is 9.88 Å². The zero-order valence-corrected chi connectivity index (χ0v) is 17.7. The van der Waals surface area contributed by atoms with Gasteiger partial charge in [0, 0.05) is 30.6 Å². The number of rotatable bonds is 5. The molecule has 1 aliphatic rings. The van der Waals surface area contributed by atoms with Crippen molar-refractivity contribution in [1.82, 2.24) is 4.98 Å². The van der Waals surface area contributed by atoms with Crippen molar-refractivity contribution < 1.29 is 13.2 Å². The number of pyridine rings is 1. The Balaban J connectivity index is 1.84. The summed E-state index contributed by atoms with van der Waals surface area (Å²) in [4.78, 5) is 18.5. The smallest absolute Gasteiger partial charge is 0.220 e. The molecule has 0 spiro atoms. The normalized spacial score (nSPS) is 15.4. The molecule has 2 aromatic carbocycles. The summed E-state index contributed by atoms with van der Waals surface area (Å²) < 4.78 is 27.1. The quantitative estimate of drug-likeness (QED) is 0.679. The Morgan fingerprint density at radius 2 is 1.77 bits per heavy atom. The monoisotopic (exact) mass is 423 g/mol. The molecule has 4 rings (SSSR count). The Bertz CT molecular complexity index is 1180. The van der Waals surface area contributed by atoms with Crippen LogP contribution in [0.5, 0.6) is 0 Å². The van der Waals surface area contributed by atoms with Gasteiger partial charge in [0.1, 0.15) is 4.90 Å². The van der Waals surface area contributed by atoms with Gasteiger partial charge in [-0.3, -0.25) is 9.78 Å². The van der Waals surface area contributed by atoms with Gasteiger partial charge in [-0.2, -0.15) is 0 Å². The molecule has 2 N–H and O–H groups in total. The van der Waals surface area contributed by atoms with Crippen molar-refractivity contribution in [2.24, 2.45) is 11.7 Å². The molecule has 3 aromatic rings. The summed E-state index contributed by atoms with van der Waals surface area (Å²) in [6.07, 6.45) is 3.52. The Morgan fingerprint density at radius 1 is 1.10 bits per heavy atom. The first-order valence-electron chi connectivity index (χ1n) is 10.2. The number of fused-ring (bicyclic) bond motifs is 1. The standard InChI is InChI=1S/C23H25N3O3S/c1-2-16-7-9-18(10-8-16)30(28,29)21-15-25-20-6-4-3-5-19(20)22(21)26-13-11-17(12-14-26)23(24)27/h3-10,15,17H,2,11-14H2,1H3,(H2,24,27).